The van der Waals surface area contributed by atoms with Crippen molar-refractivity contribution in [2.45, 2.75) is 40.0 Å². The van der Waals surface area contributed by atoms with Crippen LogP contribution in [0.2, 0.25) is 0 Å². The number of hydrogen-bond acceptors (Lipinski definition) is 2. The Balaban J connectivity index is 2.22. The smallest absolute Gasteiger partial charge is 0.337 e. The molecule has 0 saturated heterocycles. The van der Waals surface area contributed by atoms with E-state index in [2.05, 4.69) is 19.2 Å². The molecule has 0 heterocycles. The number of amides is 1. The summed E-state index contributed by atoms with van der Waals surface area (Å²) in [4.78, 5) is 23.6. The Morgan fingerprint density at radius 1 is 1.35 bits per heavy atom. The Morgan fingerprint density at radius 3 is 2.60 bits per heavy atom. The molecule has 1 amide bonds. The molecule has 0 bridgehead atoms. The average Bonchev–Trinajstić information content (AvgIpc) is 2.71. The van der Waals surface area contributed by atoms with Gasteiger partial charge < -0.3 is 10.4 Å². The van der Waals surface area contributed by atoms with Crippen LogP contribution in [0, 0.1) is 18.3 Å². The molecule has 0 aliphatic heterocycles. The van der Waals surface area contributed by atoms with Gasteiger partial charge in [0, 0.05) is 5.92 Å². The maximum absolute atomic E-state index is 12.4. The van der Waals surface area contributed by atoms with Crippen LogP contribution in [-0.4, -0.2) is 17.0 Å². The van der Waals surface area contributed by atoms with Crippen LogP contribution in [0.15, 0.2) is 18.2 Å². The van der Waals surface area contributed by atoms with Gasteiger partial charge >= 0.3 is 5.97 Å². The summed E-state index contributed by atoms with van der Waals surface area (Å²) < 4.78 is 0. The third-order valence-electron chi connectivity index (χ3n) is 4.24. The van der Waals surface area contributed by atoms with Gasteiger partial charge in [-0.2, -0.15) is 0 Å². The lowest BCUT2D eigenvalue weighted by molar-refractivity contribution is -0.122. The molecule has 1 atom stereocenters. The SMILES string of the molecule is Cc1ccc(NC(=O)C2CCCC2(C)C)c(C(=O)O)c1. The number of carbonyl (C=O) groups is 2. The van der Waals surface area contributed by atoms with E-state index in [0.717, 1.165) is 24.8 Å². The van der Waals surface area contributed by atoms with Crippen molar-refractivity contribution in [3.05, 3.63) is 29.3 Å². The molecule has 1 aromatic carbocycles. The molecular weight excluding hydrogens is 254 g/mol. The number of carbonyl (C=O) groups excluding carboxylic acids is 1. The number of nitrogens with one attached hydrogen (secondary N) is 1. The minimum Gasteiger partial charge on any atom is -0.478 e. The number of aryl methyl sites for hydroxylation is 1. The Bertz CT molecular complexity index is 549. The van der Waals surface area contributed by atoms with Crippen molar-refractivity contribution in [3.8, 4) is 0 Å². The Kier molecular flexibility index (Phi) is 3.84. The number of hydrogen-bond donors (Lipinski definition) is 2. The molecule has 1 aromatic rings. The fraction of sp³-hybridized carbons (Fsp3) is 0.500. The number of benzene rings is 1. The molecule has 0 spiro atoms. The van der Waals surface area contributed by atoms with Crippen LogP contribution in [0.3, 0.4) is 0 Å². The predicted octanol–water partition coefficient (Wildman–Crippen LogP) is 3.46. The lowest BCUT2D eigenvalue weighted by atomic mass is 9.81. The van der Waals surface area contributed by atoms with Gasteiger partial charge in [-0.3, -0.25) is 4.79 Å². The molecule has 1 saturated carbocycles. The highest BCUT2D eigenvalue weighted by Crippen LogP contribution is 2.43. The molecule has 0 aromatic heterocycles. The first-order valence-electron chi connectivity index (χ1n) is 6.96. The zero-order valence-corrected chi connectivity index (χ0v) is 12.2. The van der Waals surface area contributed by atoms with E-state index >= 15 is 0 Å². The normalized spacial score (nSPS) is 20.6. The maximum atomic E-state index is 12.4. The molecule has 4 heteroatoms. The van der Waals surface area contributed by atoms with E-state index in [1.165, 1.54) is 0 Å². The third-order valence-corrected chi connectivity index (χ3v) is 4.24. The summed E-state index contributed by atoms with van der Waals surface area (Å²) in [5.74, 6) is -1.14. The summed E-state index contributed by atoms with van der Waals surface area (Å²) in [5, 5.41) is 12.0. The van der Waals surface area contributed by atoms with Gasteiger partial charge in [0.15, 0.2) is 0 Å². The topological polar surface area (TPSA) is 66.4 Å². The van der Waals surface area contributed by atoms with E-state index < -0.39 is 5.97 Å². The van der Waals surface area contributed by atoms with Gasteiger partial charge in [-0.15, -0.1) is 0 Å². The third kappa shape index (κ3) is 2.84. The first-order valence-corrected chi connectivity index (χ1v) is 6.96. The molecule has 4 nitrogen and oxygen atoms in total. The number of carboxylic acids is 1. The van der Waals surface area contributed by atoms with E-state index in [9.17, 15) is 14.7 Å². The van der Waals surface area contributed by atoms with Gasteiger partial charge in [0.25, 0.3) is 0 Å². The van der Waals surface area contributed by atoms with Gasteiger partial charge in [-0.05, 0) is 37.3 Å². The zero-order chi connectivity index (χ0) is 14.9. The van der Waals surface area contributed by atoms with Crippen LogP contribution in [0.4, 0.5) is 5.69 Å². The first kappa shape index (κ1) is 14.6. The van der Waals surface area contributed by atoms with Crippen molar-refractivity contribution >= 4 is 17.6 Å². The van der Waals surface area contributed by atoms with Crippen molar-refractivity contribution in [1.82, 2.24) is 0 Å². The summed E-state index contributed by atoms with van der Waals surface area (Å²) in [7, 11) is 0. The summed E-state index contributed by atoms with van der Waals surface area (Å²) in [6, 6.07) is 5.05. The van der Waals surface area contributed by atoms with Crippen LogP contribution in [0.25, 0.3) is 0 Å². The van der Waals surface area contributed by atoms with Crippen molar-refractivity contribution in [2.75, 3.05) is 5.32 Å². The van der Waals surface area contributed by atoms with Gasteiger partial charge in [0.05, 0.1) is 11.3 Å². The summed E-state index contributed by atoms with van der Waals surface area (Å²) in [6.07, 6.45) is 2.95. The second-order valence-electron chi connectivity index (χ2n) is 6.28. The van der Waals surface area contributed by atoms with Gasteiger partial charge in [-0.25, -0.2) is 4.79 Å². The molecule has 0 radical (unpaired) electrons. The van der Waals surface area contributed by atoms with Crippen LogP contribution >= 0.6 is 0 Å². The summed E-state index contributed by atoms with van der Waals surface area (Å²) in [6.45, 7) is 6.02. The monoisotopic (exact) mass is 275 g/mol. The van der Waals surface area contributed by atoms with E-state index in [0.29, 0.717) is 5.69 Å². The molecule has 2 N–H and O–H groups in total. The van der Waals surface area contributed by atoms with E-state index in [1.54, 1.807) is 12.1 Å². The molecule has 2 rings (SSSR count). The molecule has 1 unspecified atom stereocenters. The molecule has 1 aliphatic rings. The zero-order valence-electron chi connectivity index (χ0n) is 12.2. The Morgan fingerprint density at radius 2 is 2.05 bits per heavy atom. The van der Waals surface area contributed by atoms with Crippen molar-refractivity contribution in [3.63, 3.8) is 0 Å². The predicted molar refractivity (Wildman–Crippen MR) is 77.9 cm³/mol. The number of aromatic carboxylic acids is 1. The Labute approximate surface area is 119 Å². The highest BCUT2D eigenvalue weighted by molar-refractivity contribution is 6.01. The van der Waals surface area contributed by atoms with Crippen LogP contribution < -0.4 is 5.32 Å². The van der Waals surface area contributed by atoms with Crippen molar-refractivity contribution < 1.29 is 14.7 Å². The highest BCUT2D eigenvalue weighted by Gasteiger charge is 2.39. The Hall–Kier alpha value is -1.84. The standard InChI is InChI=1S/C16H21NO3/c1-10-6-7-13(11(9-10)15(19)20)17-14(18)12-5-4-8-16(12,2)3/h6-7,9,12H,4-5,8H2,1-3H3,(H,17,18)(H,19,20). The lowest BCUT2D eigenvalue weighted by Gasteiger charge is -2.26. The fourth-order valence-corrected chi connectivity index (χ4v) is 2.98. The average molecular weight is 275 g/mol. The summed E-state index contributed by atoms with van der Waals surface area (Å²) >= 11 is 0. The molecular formula is C16H21NO3. The largest absolute Gasteiger partial charge is 0.478 e. The number of anilines is 1. The quantitative estimate of drug-likeness (QED) is 0.887. The van der Waals surface area contributed by atoms with E-state index in [-0.39, 0.29) is 22.8 Å². The number of rotatable bonds is 3. The van der Waals surface area contributed by atoms with Gasteiger partial charge in [-0.1, -0.05) is 31.9 Å². The molecule has 108 valence electrons. The van der Waals surface area contributed by atoms with Crippen molar-refractivity contribution in [2.24, 2.45) is 11.3 Å². The second-order valence-corrected chi connectivity index (χ2v) is 6.28. The molecule has 1 aliphatic carbocycles. The van der Waals surface area contributed by atoms with Crippen LogP contribution in [0.1, 0.15) is 49.0 Å². The van der Waals surface area contributed by atoms with E-state index in [1.807, 2.05) is 13.0 Å². The minimum atomic E-state index is -1.02. The number of carboxylic acid groups (broad SMARTS) is 1. The van der Waals surface area contributed by atoms with Gasteiger partial charge in [0.1, 0.15) is 0 Å². The molecule has 20 heavy (non-hydrogen) atoms. The summed E-state index contributed by atoms with van der Waals surface area (Å²) in [5.41, 5.74) is 1.38. The minimum absolute atomic E-state index is 0.0157. The lowest BCUT2D eigenvalue weighted by Crippen LogP contribution is -2.31. The van der Waals surface area contributed by atoms with Crippen LogP contribution in [-0.2, 0) is 4.79 Å². The molecule has 1 fully saturated rings. The van der Waals surface area contributed by atoms with E-state index in [4.69, 9.17) is 0 Å². The fourth-order valence-electron chi connectivity index (χ4n) is 2.98. The maximum Gasteiger partial charge on any atom is 0.337 e. The highest BCUT2D eigenvalue weighted by atomic mass is 16.4. The van der Waals surface area contributed by atoms with Gasteiger partial charge in [0.2, 0.25) is 5.91 Å². The first-order chi connectivity index (χ1) is 9.31. The van der Waals surface area contributed by atoms with Crippen LogP contribution in [0.5, 0.6) is 0 Å². The van der Waals surface area contributed by atoms with Crippen molar-refractivity contribution in [1.29, 1.82) is 0 Å². The second kappa shape index (κ2) is 5.27.